The fraction of sp³-hybridized carbons (Fsp3) is 0.286. The van der Waals surface area contributed by atoms with Gasteiger partial charge < -0.3 is 4.84 Å². The van der Waals surface area contributed by atoms with Gasteiger partial charge in [-0.25, -0.2) is 4.79 Å². The second-order valence-electron chi connectivity index (χ2n) is 5.73. The number of benzene rings is 2. The maximum atomic E-state index is 12.7. The standard InChI is InChI=1S/C21H23NO3S/c1-3-5-11-19(22-25-20(23)4-2)21(24)16-12-14-18(15-13-16)26-17-9-7-6-8-10-17/h6-10,12-15H,3-5,11H2,1-2H3/b22-19+. The lowest BCUT2D eigenvalue weighted by Gasteiger charge is -2.06. The molecule has 0 spiro atoms. The van der Waals surface area contributed by atoms with Crippen LogP contribution < -0.4 is 0 Å². The third-order valence-electron chi connectivity index (χ3n) is 3.67. The molecule has 0 aliphatic carbocycles. The number of ketones is 1. The summed E-state index contributed by atoms with van der Waals surface area (Å²) >= 11 is 1.64. The van der Waals surface area contributed by atoms with E-state index in [0.29, 0.717) is 12.0 Å². The molecule has 0 atom stereocenters. The van der Waals surface area contributed by atoms with Crippen molar-refractivity contribution in [3.05, 3.63) is 60.2 Å². The molecule has 0 aliphatic heterocycles. The molecule has 0 aromatic heterocycles. The van der Waals surface area contributed by atoms with Gasteiger partial charge in [0.25, 0.3) is 0 Å². The van der Waals surface area contributed by atoms with E-state index in [-0.39, 0.29) is 17.9 Å². The van der Waals surface area contributed by atoms with Crippen molar-refractivity contribution in [3.63, 3.8) is 0 Å². The number of hydrogen-bond donors (Lipinski definition) is 0. The van der Waals surface area contributed by atoms with Crippen molar-refractivity contribution in [1.82, 2.24) is 0 Å². The minimum absolute atomic E-state index is 0.196. The second kappa shape index (κ2) is 10.6. The summed E-state index contributed by atoms with van der Waals surface area (Å²) in [6.45, 7) is 3.73. The largest absolute Gasteiger partial charge is 0.334 e. The van der Waals surface area contributed by atoms with E-state index in [9.17, 15) is 9.59 Å². The minimum Gasteiger partial charge on any atom is -0.318 e. The van der Waals surface area contributed by atoms with Crippen LogP contribution in [0.5, 0.6) is 0 Å². The van der Waals surface area contributed by atoms with E-state index in [2.05, 4.69) is 5.16 Å². The van der Waals surface area contributed by atoms with Crippen molar-refractivity contribution < 1.29 is 14.4 Å². The Morgan fingerprint density at radius 2 is 1.62 bits per heavy atom. The van der Waals surface area contributed by atoms with Gasteiger partial charge in [-0.15, -0.1) is 0 Å². The Kier molecular flexibility index (Phi) is 8.09. The van der Waals surface area contributed by atoms with Crippen LogP contribution >= 0.6 is 11.8 Å². The van der Waals surface area contributed by atoms with Crippen LogP contribution in [0.25, 0.3) is 0 Å². The van der Waals surface area contributed by atoms with E-state index < -0.39 is 5.97 Å². The number of rotatable bonds is 9. The van der Waals surface area contributed by atoms with Crippen LogP contribution in [0, 0.1) is 0 Å². The Labute approximate surface area is 158 Å². The summed E-state index contributed by atoms with van der Waals surface area (Å²) in [5.74, 6) is -0.639. The van der Waals surface area contributed by atoms with Gasteiger partial charge in [0.15, 0.2) is 0 Å². The van der Waals surface area contributed by atoms with Crippen LogP contribution in [-0.4, -0.2) is 17.5 Å². The van der Waals surface area contributed by atoms with E-state index in [0.717, 1.165) is 22.6 Å². The summed E-state index contributed by atoms with van der Waals surface area (Å²) in [5, 5.41) is 3.81. The topological polar surface area (TPSA) is 55.7 Å². The first kappa shape index (κ1) is 19.9. The molecule has 0 fully saturated rings. The lowest BCUT2D eigenvalue weighted by molar-refractivity contribution is -0.143. The Balaban J connectivity index is 2.10. The van der Waals surface area contributed by atoms with Gasteiger partial charge in [0.1, 0.15) is 5.71 Å². The molecule has 5 heteroatoms. The summed E-state index contributed by atoms with van der Waals surface area (Å²) in [6.07, 6.45) is 2.47. The molecule has 2 aromatic rings. The van der Waals surface area contributed by atoms with Gasteiger partial charge in [-0.05, 0) is 49.2 Å². The van der Waals surface area contributed by atoms with E-state index in [4.69, 9.17) is 4.84 Å². The van der Waals surface area contributed by atoms with E-state index in [1.807, 2.05) is 49.4 Å². The highest BCUT2D eigenvalue weighted by atomic mass is 32.2. The third kappa shape index (κ3) is 6.15. The SMILES string of the molecule is CCCC/C(=N\OC(=O)CC)C(=O)c1ccc(Sc2ccccc2)cc1. The monoisotopic (exact) mass is 369 g/mol. The van der Waals surface area contributed by atoms with Crippen molar-refractivity contribution >= 4 is 29.2 Å². The molecule has 26 heavy (non-hydrogen) atoms. The Morgan fingerprint density at radius 3 is 2.23 bits per heavy atom. The number of nitrogens with zero attached hydrogens (tertiary/aromatic N) is 1. The van der Waals surface area contributed by atoms with Gasteiger partial charge in [-0.1, -0.05) is 55.4 Å². The molecular formula is C21H23NO3S. The zero-order valence-electron chi connectivity index (χ0n) is 15.1. The molecule has 0 saturated carbocycles. The zero-order chi connectivity index (χ0) is 18.8. The summed E-state index contributed by atoms with van der Waals surface area (Å²) in [5.41, 5.74) is 0.835. The van der Waals surface area contributed by atoms with Gasteiger partial charge in [-0.2, -0.15) is 0 Å². The fourth-order valence-electron chi connectivity index (χ4n) is 2.18. The first-order valence-electron chi connectivity index (χ1n) is 8.78. The number of Topliss-reactive ketones (excluding diaryl/α,β-unsaturated/α-hetero) is 1. The first-order valence-corrected chi connectivity index (χ1v) is 9.60. The van der Waals surface area contributed by atoms with E-state index >= 15 is 0 Å². The lowest BCUT2D eigenvalue weighted by Crippen LogP contribution is -2.16. The smallest absolute Gasteiger partial charge is 0.318 e. The molecule has 0 saturated heterocycles. The van der Waals surface area contributed by atoms with Crippen LogP contribution in [0.4, 0.5) is 0 Å². The zero-order valence-corrected chi connectivity index (χ0v) is 15.9. The van der Waals surface area contributed by atoms with Crippen molar-refractivity contribution in [3.8, 4) is 0 Å². The van der Waals surface area contributed by atoms with Gasteiger partial charge in [0, 0.05) is 21.8 Å². The molecule has 0 radical (unpaired) electrons. The summed E-state index contributed by atoms with van der Waals surface area (Å²) < 4.78 is 0. The summed E-state index contributed by atoms with van der Waals surface area (Å²) in [4.78, 5) is 31.0. The van der Waals surface area contributed by atoms with E-state index in [1.54, 1.807) is 30.8 Å². The molecule has 0 bridgehead atoms. The van der Waals surface area contributed by atoms with Gasteiger partial charge in [0.2, 0.25) is 5.78 Å². The van der Waals surface area contributed by atoms with Crippen molar-refractivity contribution in [2.24, 2.45) is 5.16 Å². The van der Waals surface area contributed by atoms with Crippen molar-refractivity contribution in [1.29, 1.82) is 0 Å². The number of unbranched alkanes of at least 4 members (excludes halogenated alkanes) is 1. The van der Waals surface area contributed by atoms with Gasteiger partial charge >= 0.3 is 5.97 Å². The predicted octanol–water partition coefficient (Wildman–Crippen LogP) is 5.52. The van der Waals surface area contributed by atoms with Gasteiger partial charge in [-0.3, -0.25) is 4.79 Å². The molecule has 136 valence electrons. The van der Waals surface area contributed by atoms with E-state index in [1.165, 1.54) is 0 Å². The number of hydrogen-bond acceptors (Lipinski definition) is 5. The highest BCUT2D eigenvalue weighted by Crippen LogP contribution is 2.27. The number of carbonyl (C=O) groups is 2. The maximum absolute atomic E-state index is 12.7. The van der Waals surface area contributed by atoms with Crippen LogP contribution in [0.1, 0.15) is 49.9 Å². The highest BCUT2D eigenvalue weighted by molar-refractivity contribution is 7.99. The Hall–Kier alpha value is -2.40. The molecule has 0 N–H and O–H groups in total. The molecule has 0 aliphatic rings. The molecule has 2 aromatic carbocycles. The van der Waals surface area contributed by atoms with Crippen molar-refractivity contribution in [2.75, 3.05) is 0 Å². The molecule has 4 nitrogen and oxygen atoms in total. The highest BCUT2D eigenvalue weighted by Gasteiger charge is 2.15. The normalized spacial score (nSPS) is 11.2. The second-order valence-corrected chi connectivity index (χ2v) is 6.87. The number of oxime groups is 1. The Morgan fingerprint density at radius 1 is 0.962 bits per heavy atom. The first-order chi connectivity index (χ1) is 12.6. The molecule has 0 unspecified atom stereocenters. The average Bonchev–Trinajstić information content (AvgIpc) is 2.68. The summed E-state index contributed by atoms with van der Waals surface area (Å²) in [7, 11) is 0. The van der Waals surface area contributed by atoms with Crippen LogP contribution in [0.15, 0.2) is 69.5 Å². The third-order valence-corrected chi connectivity index (χ3v) is 4.69. The predicted molar refractivity (Wildman–Crippen MR) is 105 cm³/mol. The van der Waals surface area contributed by atoms with Crippen LogP contribution in [0.2, 0.25) is 0 Å². The fourth-order valence-corrected chi connectivity index (χ4v) is 3.02. The maximum Gasteiger partial charge on any atom is 0.334 e. The van der Waals surface area contributed by atoms with Crippen LogP contribution in [-0.2, 0) is 9.63 Å². The molecule has 0 amide bonds. The average molecular weight is 369 g/mol. The molecule has 2 rings (SSSR count). The van der Waals surface area contributed by atoms with Gasteiger partial charge in [0.05, 0.1) is 0 Å². The van der Waals surface area contributed by atoms with Crippen molar-refractivity contribution in [2.45, 2.75) is 49.3 Å². The molecule has 0 heterocycles. The molecular weight excluding hydrogens is 346 g/mol. The minimum atomic E-state index is -0.443. The summed E-state index contributed by atoms with van der Waals surface area (Å²) in [6, 6.07) is 17.5. The quantitative estimate of drug-likeness (QED) is 0.253. The lowest BCUT2D eigenvalue weighted by atomic mass is 10.0. The Bertz CT molecular complexity index is 755. The van der Waals surface area contributed by atoms with Crippen LogP contribution in [0.3, 0.4) is 0 Å². The number of carbonyl (C=O) groups excluding carboxylic acids is 2.